The number of hydrogen-bond acceptors (Lipinski definition) is 5. The Morgan fingerprint density at radius 3 is 2.53 bits per heavy atom. The molecule has 3 rings (SSSR count). The van der Waals surface area contributed by atoms with Gasteiger partial charge in [-0.2, -0.15) is 15.4 Å². The summed E-state index contributed by atoms with van der Waals surface area (Å²) < 4.78 is 38.9. The van der Waals surface area contributed by atoms with E-state index in [2.05, 4.69) is 26.0 Å². The smallest absolute Gasteiger partial charge is 0.306 e. The Morgan fingerprint density at radius 2 is 1.89 bits per heavy atom. The largest absolute Gasteiger partial charge is 0.481 e. The topological polar surface area (TPSA) is 120 Å². The molecule has 2 atom stereocenters. The molecule has 0 unspecified atom stereocenters. The second-order valence-electron chi connectivity index (χ2n) is 8.21. The van der Waals surface area contributed by atoms with Crippen LogP contribution in [0, 0.1) is 11.7 Å². The van der Waals surface area contributed by atoms with Gasteiger partial charge in [-0.05, 0) is 55.1 Å². The Morgan fingerprint density at radius 1 is 1.14 bits per heavy atom. The van der Waals surface area contributed by atoms with Crippen LogP contribution in [-0.2, 0) is 11.2 Å². The van der Waals surface area contributed by atoms with Crippen LogP contribution >= 0.6 is 11.6 Å². The summed E-state index contributed by atoms with van der Waals surface area (Å²) in [6.45, 7) is -0.441. The van der Waals surface area contributed by atoms with Gasteiger partial charge in [-0.25, -0.2) is 13.2 Å². The number of carbonyl (C=O) groups is 2. The van der Waals surface area contributed by atoms with E-state index in [1.165, 1.54) is 24.4 Å². The number of aromatic amines is 1. The molecule has 36 heavy (non-hydrogen) atoms. The lowest BCUT2D eigenvalue weighted by molar-refractivity contribution is -0.142. The first-order chi connectivity index (χ1) is 17.2. The number of nitrogens with zero attached hydrogens (tertiary/aromatic N) is 2. The van der Waals surface area contributed by atoms with E-state index in [4.69, 9.17) is 11.6 Å². The van der Waals surface area contributed by atoms with E-state index in [1.54, 1.807) is 24.3 Å². The van der Waals surface area contributed by atoms with Crippen molar-refractivity contribution in [2.75, 3.05) is 13.1 Å². The van der Waals surface area contributed by atoms with Gasteiger partial charge in [0, 0.05) is 16.6 Å². The Bertz CT molecular complexity index is 1150. The molecule has 12 heteroatoms. The summed E-state index contributed by atoms with van der Waals surface area (Å²) in [6.07, 6.45) is -0.864. The normalized spacial score (nSPS) is 12.9. The standard InChI is InChI=1S/C24H25ClF3N5O3/c25-17-5-6-20(26)19(11-17)15-3-1-14(2-4-15)9-18(31-23(34)21-12-30-33-32-21)10-16(24(35)36)7-8-29-13-22(27)28/h1-6,11-12,16,18,22,29H,7-10,13H2,(H,31,34)(H,35,36)(H,30,32,33)/t16-,18-/m1/s1. The number of halogens is 4. The molecule has 192 valence electrons. The summed E-state index contributed by atoms with van der Waals surface area (Å²) in [4.78, 5) is 24.4. The fourth-order valence-electron chi connectivity index (χ4n) is 3.76. The molecule has 8 nitrogen and oxygen atoms in total. The minimum Gasteiger partial charge on any atom is -0.481 e. The highest BCUT2D eigenvalue weighted by molar-refractivity contribution is 6.30. The molecule has 0 fully saturated rings. The van der Waals surface area contributed by atoms with Gasteiger partial charge in [-0.1, -0.05) is 35.9 Å². The lowest BCUT2D eigenvalue weighted by Crippen LogP contribution is -2.40. The first-order valence-corrected chi connectivity index (χ1v) is 11.5. The molecule has 0 saturated carbocycles. The molecule has 0 radical (unpaired) electrons. The number of alkyl halides is 2. The highest BCUT2D eigenvalue weighted by Gasteiger charge is 2.25. The molecule has 0 aliphatic heterocycles. The van der Waals surface area contributed by atoms with Gasteiger partial charge in [-0.15, -0.1) is 0 Å². The van der Waals surface area contributed by atoms with Crippen molar-refractivity contribution in [3.8, 4) is 11.1 Å². The highest BCUT2D eigenvalue weighted by Crippen LogP contribution is 2.27. The maximum absolute atomic E-state index is 14.2. The molecule has 3 aromatic rings. The number of nitrogens with one attached hydrogen (secondary N) is 3. The number of rotatable bonds is 13. The second-order valence-corrected chi connectivity index (χ2v) is 8.64. The van der Waals surface area contributed by atoms with E-state index in [0.717, 1.165) is 5.56 Å². The third kappa shape index (κ3) is 8.06. The van der Waals surface area contributed by atoms with Crippen molar-refractivity contribution in [2.24, 2.45) is 5.92 Å². The Labute approximate surface area is 210 Å². The van der Waals surface area contributed by atoms with E-state index in [1.807, 2.05) is 0 Å². The van der Waals surface area contributed by atoms with Gasteiger partial charge in [0.1, 0.15) is 5.82 Å². The Balaban J connectivity index is 1.74. The van der Waals surface area contributed by atoms with Crippen molar-refractivity contribution in [1.29, 1.82) is 0 Å². The second kappa shape index (κ2) is 13.0. The summed E-state index contributed by atoms with van der Waals surface area (Å²) in [5.41, 5.74) is 1.76. The van der Waals surface area contributed by atoms with Gasteiger partial charge < -0.3 is 15.7 Å². The van der Waals surface area contributed by atoms with Gasteiger partial charge in [0.25, 0.3) is 12.3 Å². The van der Waals surface area contributed by atoms with Crippen LogP contribution in [0.1, 0.15) is 28.9 Å². The van der Waals surface area contributed by atoms with Crippen LogP contribution in [-0.4, -0.2) is 58.0 Å². The lowest BCUT2D eigenvalue weighted by Gasteiger charge is -2.22. The molecule has 2 aromatic carbocycles. The van der Waals surface area contributed by atoms with Crippen molar-refractivity contribution < 1.29 is 27.9 Å². The third-order valence-electron chi connectivity index (χ3n) is 5.54. The fraction of sp³-hybridized carbons (Fsp3) is 0.333. The molecule has 1 amide bonds. The maximum atomic E-state index is 14.2. The summed E-state index contributed by atoms with van der Waals surface area (Å²) in [5.74, 6) is -2.94. The predicted octanol–water partition coefficient (Wildman–Crippen LogP) is 3.94. The van der Waals surface area contributed by atoms with Crippen LogP contribution in [0.5, 0.6) is 0 Å². The van der Waals surface area contributed by atoms with Crippen molar-refractivity contribution in [3.05, 3.63) is 70.8 Å². The zero-order chi connectivity index (χ0) is 26.1. The number of hydrogen-bond donors (Lipinski definition) is 4. The summed E-state index contributed by atoms with van der Waals surface area (Å²) in [6, 6.07) is 10.6. The molecule has 0 bridgehead atoms. The van der Waals surface area contributed by atoms with Crippen LogP contribution < -0.4 is 10.6 Å². The molecule has 0 aliphatic rings. The minimum atomic E-state index is -2.54. The quantitative estimate of drug-likeness (QED) is 0.252. The number of aromatic nitrogens is 3. The molecular formula is C24H25ClF3N5O3. The first kappa shape index (κ1) is 27.2. The average Bonchev–Trinajstić information content (AvgIpc) is 3.38. The average molecular weight is 524 g/mol. The van der Waals surface area contributed by atoms with Crippen molar-refractivity contribution in [1.82, 2.24) is 26.0 Å². The zero-order valence-corrected chi connectivity index (χ0v) is 19.8. The molecule has 0 spiro atoms. The van der Waals surface area contributed by atoms with Gasteiger partial charge in [-0.3, -0.25) is 9.59 Å². The summed E-state index contributed by atoms with van der Waals surface area (Å²) >= 11 is 5.98. The highest BCUT2D eigenvalue weighted by atomic mass is 35.5. The van der Waals surface area contributed by atoms with Crippen LogP contribution in [0.3, 0.4) is 0 Å². The van der Waals surface area contributed by atoms with E-state index in [0.29, 0.717) is 16.1 Å². The number of aliphatic carboxylic acids is 1. The number of benzene rings is 2. The van der Waals surface area contributed by atoms with Crippen molar-refractivity contribution in [2.45, 2.75) is 31.7 Å². The molecule has 4 N–H and O–H groups in total. The lowest BCUT2D eigenvalue weighted by atomic mass is 9.92. The SMILES string of the molecule is O=C(N[C@H](Cc1ccc(-c2cc(Cl)ccc2F)cc1)C[C@@H](CCNCC(F)F)C(=O)O)c1cn[nH]n1. The Kier molecular flexibility index (Phi) is 9.83. The zero-order valence-electron chi connectivity index (χ0n) is 19.1. The van der Waals surface area contributed by atoms with E-state index in [-0.39, 0.29) is 31.5 Å². The van der Waals surface area contributed by atoms with Crippen molar-refractivity contribution >= 4 is 23.5 Å². The molecule has 0 aliphatic carbocycles. The first-order valence-electron chi connectivity index (χ1n) is 11.2. The summed E-state index contributed by atoms with van der Waals surface area (Å²) in [5, 5.41) is 25.0. The molecule has 1 aromatic heterocycles. The van der Waals surface area contributed by atoms with E-state index >= 15 is 0 Å². The minimum absolute atomic E-state index is 0.0391. The van der Waals surface area contributed by atoms with Gasteiger partial charge in [0.15, 0.2) is 5.69 Å². The van der Waals surface area contributed by atoms with Gasteiger partial charge in [0.05, 0.1) is 18.7 Å². The third-order valence-corrected chi connectivity index (χ3v) is 5.78. The monoisotopic (exact) mass is 523 g/mol. The fourth-order valence-corrected chi connectivity index (χ4v) is 3.93. The molecule has 1 heterocycles. The summed E-state index contributed by atoms with van der Waals surface area (Å²) in [7, 11) is 0. The van der Waals surface area contributed by atoms with Crippen LogP contribution in [0.2, 0.25) is 5.02 Å². The van der Waals surface area contributed by atoms with Crippen LogP contribution in [0.4, 0.5) is 13.2 Å². The maximum Gasteiger partial charge on any atom is 0.306 e. The number of carbonyl (C=O) groups excluding carboxylic acids is 1. The van der Waals surface area contributed by atoms with Gasteiger partial charge >= 0.3 is 5.97 Å². The Hall–Kier alpha value is -3.44. The van der Waals surface area contributed by atoms with Gasteiger partial charge in [0.2, 0.25) is 0 Å². The number of carboxylic acids is 1. The predicted molar refractivity (Wildman–Crippen MR) is 127 cm³/mol. The van der Waals surface area contributed by atoms with Crippen LogP contribution in [0.25, 0.3) is 11.1 Å². The van der Waals surface area contributed by atoms with Crippen LogP contribution in [0.15, 0.2) is 48.7 Å². The van der Waals surface area contributed by atoms with E-state index in [9.17, 15) is 27.9 Å². The molecular weight excluding hydrogens is 499 g/mol. The number of H-pyrrole nitrogens is 1. The number of amides is 1. The number of carboxylic acid groups (broad SMARTS) is 1. The van der Waals surface area contributed by atoms with Crippen molar-refractivity contribution in [3.63, 3.8) is 0 Å². The van der Waals surface area contributed by atoms with E-state index < -0.39 is 42.6 Å². The molecule has 0 saturated heterocycles.